The van der Waals surface area contributed by atoms with E-state index in [2.05, 4.69) is 44.5 Å². The van der Waals surface area contributed by atoms with Crippen LogP contribution >= 0.6 is 0 Å². The molecular formula is C21H44N2. The molecule has 0 aliphatic carbocycles. The molecule has 1 fully saturated rings. The van der Waals surface area contributed by atoms with E-state index >= 15 is 0 Å². The van der Waals surface area contributed by atoms with Crippen LogP contribution in [-0.2, 0) is 0 Å². The Morgan fingerprint density at radius 1 is 1.04 bits per heavy atom. The van der Waals surface area contributed by atoms with Crippen molar-refractivity contribution in [3.05, 3.63) is 0 Å². The summed E-state index contributed by atoms with van der Waals surface area (Å²) < 4.78 is 0. The number of hydrogen-bond acceptors (Lipinski definition) is 2. The zero-order valence-electron chi connectivity index (χ0n) is 16.8. The second-order valence-corrected chi connectivity index (χ2v) is 8.22. The van der Waals surface area contributed by atoms with Crippen LogP contribution in [-0.4, -0.2) is 49.6 Å². The molecule has 0 bridgehead atoms. The van der Waals surface area contributed by atoms with E-state index in [-0.39, 0.29) is 0 Å². The van der Waals surface area contributed by atoms with Crippen molar-refractivity contribution in [2.24, 2.45) is 17.8 Å². The number of piperidine rings is 1. The molecule has 0 spiro atoms. The normalized spacial score (nSPS) is 18.9. The highest BCUT2D eigenvalue weighted by atomic mass is 15.1. The highest BCUT2D eigenvalue weighted by Crippen LogP contribution is 2.20. The fourth-order valence-corrected chi connectivity index (χ4v) is 4.20. The largest absolute Gasteiger partial charge is 0.306 e. The van der Waals surface area contributed by atoms with Crippen LogP contribution in [0.2, 0.25) is 0 Å². The molecule has 0 radical (unpaired) electrons. The van der Waals surface area contributed by atoms with Crippen LogP contribution in [0.15, 0.2) is 0 Å². The first-order valence-corrected chi connectivity index (χ1v) is 10.5. The molecule has 23 heavy (non-hydrogen) atoms. The lowest BCUT2D eigenvalue weighted by Crippen LogP contribution is -2.39. The van der Waals surface area contributed by atoms with Crippen LogP contribution in [0.5, 0.6) is 0 Å². The van der Waals surface area contributed by atoms with Gasteiger partial charge in [-0.2, -0.15) is 0 Å². The van der Waals surface area contributed by atoms with E-state index in [1.165, 1.54) is 84.1 Å². The van der Waals surface area contributed by atoms with Crippen molar-refractivity contribution in [3.8, 4) is 0 Å². The molecule has 2 heteroatoms. The maximum atomic E-state index is 2.72. The third-order valence-corrected chi connectivity index (χ3v) is 5.95. The minimum Gasteiger partial charge on any atom is -0.306 e. The molecule has 0 aromatic carbocycles. The molecule has 1 atom stereocenters. The second kappa shape index (κ2) is 12.3. The summed E-state index contributed by atoms with van der Waals surface area (Å²) in [4.78, 5) is 5.32. The summed E-state index contributed by atoms with van der Waals surface area (Å²) in [5.41, 5.74) is 0. The van der Waals surface area contributed by atoms with Crippen molar-refractivity contribution in [2.45, 2.75) is 79.1 Å². The van der Waals surface area contributed by atoms with Gasteiger partial charge in [0.25, 0.3) is 0 Å². The van der Waals surface area contributed by atoms with Gasteiger partial charge in [0.1, 0.15) is 0 Å². The van der Waals surface area contributed by atoms with Crippen LogP contribution in [0.25, 0.3) is 0 Å². The van der Waals surface area contributed by atoms with Crippen LogP contribution in [0.3, 0.4) is 0 Å². The van der Waals surface area contributed by atoms with E-state index in [0.717, 1.165) is 17.8 Å². The predicted octanol–water partition coefficient (Wildman–Crippen LogP) is 5.28. The lowest BCUT2D eigenvalue weighted by atomic mass is 9.94. The van der Waals surface area contributed by atoms with Crippen molar-refractivity contribution < 1.29 is 0 Å². The van der Waals surface area contributed by atoms with Gasteiger partial charge in [-0.1, -0.05) is 53.4 Å². The Balaban J connectivity index is 2.12. The van der Waals surface area contributed by atoms with Gasteiger partial charge in [-0.15, -0.1) is 0 Å². The lowest BCUT2D eigenvalue weighted by molar-refractivity contribution is 0.143. The smallest absolute Gasteiger partial charge is 0.000767 e. The topological polar surface area (TPSA) is 6.48 Å². The molecular weight excluding hydrogens is 280 g/mol. The van der Waals surface area contributed by atoms with Gasteiger partial charge in [0.15, 0.2) is 0 Å². The zero-order chi connectivity index (χ0) is 17.1. The average Bonchev–Trinajstić information content (AvgIpc) is 2.54. The van der Waals surface area contributed by atoms with Crippen LogP contribution < -0.4 is 0 Å². The molecule has 0 N–H and O–H groups in total. The lowest BCUT2D eigenvalue weighted by Gasteiger charge is -2.34. The Morgan fingerprint density at radius 3 is 2.26 bits per heavy atom. The molecule has 1 heterocycles. The van der Waals surface area contributed by atoms with Gasteiger partial charge >= 0.3 is 0 Å². The molecule has 1 saturated heterocycles. The minimum absolute atomic E-state index is 0.894. The first-order chi connectivity index (χ1) is 11.1. The molecule has 1 unspecified atom stereocenters. The van der Waals surface area contributed by atoms with E-state index in [4.69, 9.17) is 0 Å². The molecule has 138 valence electrons. The van der Waals surface area contributed by atoms with Gasteiger partial charge in [0.05, 0.1) is 0 Å². The molecule has 1 aliphatic heterocycles. The Bertz CT molecular complexity index is 267. The Hall–Kier alpha value is -0.0800. The maximum Gasteiger partial charge on any atom is 0.000767 e. The summed E-state index contributed by atoms with van der Waals surface area (Å²) >= 11 is 0. The number of hydrogen-bond donors (Lipinski definition) is 0. The molecule has 0 aromatic rings. The van der Waals surface area contributed by atoms with E-state index in [9.17, 15) is 0 Å². The van der Waals surface area contributed by atoms with E-state index in [0.29, 0.717) is 0 Å². The number of nitrogens with zero attached hydrogens (tertiary/aromatic N) is 2. The van der Waals surface area contributed by atoms with E-state index in [1.807, 2.05) is 0 Å². The Kier molecular flexibility index (Phi) is 11.2. The summed E-state index contributed by atoms with van der Waals surface area (Å²) in [6.07, 6.45) is 11.1. The van der Waals surface area contributed by atoms with E-state index in [1.54, 1.807) is 0 Å². The van der Waals surface area contributed by atoms with Crippen molar-refractivity contribution in [3.63, 3.8) is 0 Å². The first-order valence-electron chi connectivity index (χ1n) is 10.5. The minimum atomic E-state index is 0.894. The van der Waals surface area contributed by atoms with Crippen molar-refractivity contribution in [2.75, 3.05) is 39.8 Å². The molecule has 0 aromatic heterocycles. The Morgan fingerprint density at radius 2 is 1.70 bits per heavy atom. The third-order valence-electron chi connectivity index (χ3n) is 5.95. The van der Waals surface area contributed by atoms with Gasteiger partial charge in [0.2, 0.25) is 0 Å². The summed E-state index contributed by atoms with van der Waals surface area (Å²) in [5.74, 6) is 2.76. The van der Waals surface area contributed by atoms with E-state index < -0.39 is 0 Å². The predicted molar refractivity (Wildman–Crippen MR) is 104 cm³/mol. The van der Waals surface area contributed by atoms with Crippen LogP contribution in [0.4, 0.5) is 0 Å². The van der Waals surface area contributed by atoms with Gasteiger partial charge in [-0.3, -0.25) is 0 Å². The number of rotatable bonds is 12. The van der Waals surface area contributed by atoms with Gasteiger partial charge in [-0.05, 0) is 70.1 Å². The van der Waals surface area contributed by atoms with Crippen LogP contribution in [0.1, 0.15) is 79.1 Å². The zero-order valence-corrected chi connectivity index (χ0v) is 16.8. The van der Waals surface area contributed by atoms with Crippen molar-refractivity contribution in [1.82, 2.24) is 9.80 Å². The van der Waals surface area contributed by atoms with Gasteiger partial charge in [-0.25, -0.2) is 0 Å². The quantitative estimate of drug-likeness (QED) is 0.482. The molecule has 2 nitrogen and oxygen atoms in total. The first kappa shape index (κ1) is 21.0. The SMILES string of the molecule is CCCC(C)CCCN1CCC(CN(C)CC(CC)CC)CC1. The molecule has 0 amide bonds. The Labute approximate surface area is 147 Å². The van der Waals surface area contributed by atoms with Crippen LogP contribution in [0, 0.1) is 17.8 Å². The fraction of sp³-hybridized carbons (Fsp3) is 1.00. The summed E-state index contributed by atoms with van der Waals surface area (Å²) in [6, 6.07) is 0. The van der Waals surface area contributed by atoms with Gasteiger partial charge in [0, 0.05) is 13.1 Å². The highest BCUT2D eigenvalue weighted by molar-refractivity contribution is 4.75. The van der Waals surface area contributed by atoms with Crippen molar-refractivity contribution >= 4 is 0 Å². The standard InChI is InChI=1S/C21H44N2/c1-6-10-19(4)11-9-14-23-15-12-21(13-16-23)18-22(5)17-20(7-2)8-3/h19-21H,6-18H2,1-5H3. The average molecular weight is 325 g/mol. The monoisotopic (exact) mass is 324 g/mol. The van der Waals surface area contributed by atoms with Gasteiger partial charge < -0.3 is 9.80 Å². The number of likely N-dealkylation sites (tertiary alicyclic amines) is 1. The second-order valence-electron chi connectivity index (χ2n) is 8.22. The third kappa shape index (κ3) is 9.10. The van der Waals surface area contributed by atoms with Crippen molar-refractivity contribution in [1.29, 1.82) is 0 Å². The summed E-state index contributed by atoms with van der Waals surface area (Å²) in [7, 11) is 2.33. The summed E-state index contributed by atoms with van der Waals surface area (Å²) in [6.45, 7) is 16.0. The maximum absolute atomic E-state index is 2.72. The molecule has 1 aliphatic rings. The molecule has 0 saturated carbocycles. The fourth-order valence-electron chi connectivity index (χ4n) is 4.20. The highest BCUT2D eigenvalue weighted by Gasteiger charge is 2.20. The molecule has 1 rings (SSSR count). The summed E-state index contributed by atoms with van der Waals surface area (Å²) in [5, 5.41) is 0.